The Bertz CT molecular complexity index is 530. The molecule has 0 bridgehead atoms. The van der Waals surface area contributed by atoms with Gasteiger partial charge in [-0.15, -0.1) is 0 Å². The Morgan fingerprint density at radius 2 is 1.94 bits per heavy atom. The molecule has 4 nitrogen and oxygen atoms in total. The third-order valence-corrected chi connectivity index (χ3v) is 2.57. The molecule has 0 atom stereocenters. The van der Waals surface area contributed by atoms with Gasteiger partial charge in [0.05, 0.1) is 15.6 Å². The summed E-state index contributed by atoms with van der Waals surface area (Å²) in [5, 5.41) is 12.8. The molecule has 0 radical (unpaired) electrons. The molecule has 2 aromatic rings. The highest BCUT2D eigenvalue weighted by Crippen LogP contribution is 2.34. The van der Waals surface area contributed by atoms with Crippen LogP contribution in [0.25, 0.3) is 11.3 Å². The fourth-order valence-corrected chi connectivity index (χ4v) is 1.81. The summed E-state index contributed by atoms with van der Waals surface area (Å²) in [7, 11) is 0. The van der Waals surface area contributed by atoms with Gasteiger partial charge in [0, 0.05) is 6.07 Å². The molecule has 0 aliphatic carbocycles. The van der Waals surface area contributed by atoms with Gasteiger partial charge in [0.15, 0.2) is 11.5 Å². The van der Waals surface area contributed by atoms with Crippen molar-refractivity contribution < 1.29 is 14.4 Å². The van der Waals surface area contributed by atoms with E-state index in [0.717, 1.165) is 0 Å². The molecule has 1 N–H and O–H groups in total. The summed E-state index contributed by atoms with van der Waals surface area (Å²) in [6.45, 7) is 0. The van der Waals surface area contributed by atoms with Crippen LogP contribution in [-0.4, -0.2) is 16.2 Å². The van der Waals surface area contributed by atoms with E-state index in [1.807, 2.05) is 0 Å². The maximum absolute atomic E-state index is 10.6. The zero-order valence-electron chi connectivity index (χ0n) is 7.78. The number of benzene rings is 1. The van der Waals surface area contributed by atoms with Crippen LogP contribution in [0.1, 0.15) is 10.5 Å². The van der Waals surface area contributed by atoms with E-state index in [2.05, 4.69) is 5.16 Å². The molecule has 0 aliphatic heterocycles. The summed E-state index contributed by atoms with van der Waals surface area (Å²) in [4.78, 5) is 10.6. The van der Waals surface area contributed by atoms with E-state index in [4.69, 9.17) is 32.8 Å². The Hall–Kier alpha value is -1.52. The Kier molecular flexibility index (Phi) is 2.85. The number of carbonyl (C=O) groups is 1. The van der Waals surface area contributed by atoms with Crippen LogP contribution < -0.4 is 0 Å². The van der Waals surface area contributed by atoms with Gasteiger partial charge in [-0.05, 0) is 12.1 Å². The van der Waals surface area contributed by atoms with E-state index in [9.17, 15) is 4.79 Å². The smallest absolute Gasteiger partial charge is 0.358 e. The molecule has 1 aromatic carbocycles. The van der Waals surface area contributed by atoms with E-state index in [0.29, 0.717) is 15.6 Å². The first-order chi connectivity index (χ1) is 7.59. The van der Waals surface area contributed by atoms with Crippen molar-refractivity contribution in [2.75, 3.05) is 0 Å². The average Bonchev–Trinajstić information content (AvgIpc) is 2.66. The van der Waals surface area contributed by atoms with Crippen LogP contribution >= 0.6 is 23.2 Å². The van der Waals surface area contributed by atoms with Gasteiger partial charge in [0.25, 0.3) is 0 Å². The van der Waals surface area contributed by atoms with Crippen molar-refractivity contribution >= 4 is 29.2 Å². The molecule has 0 fully saturated rings. The zero-order valence-corrected chi connectivity index (χ0v) is 9.29. The molecule has 6 heteroatoms. The molecule has 2 rings (SSSR count). The van der Waals surface area contributed by atoms with E-state index >= 15 is 0 Å². The molecule has 0 saturated carbocycles. The van der Waals surface area contributed by atoms with Crippen molar-refractivity contribution in [3.8, 4) is 11.3 Å². The van der Waals surface area contributed by atoms with Crippen molar-refractivity contribution in [3.63, 3.8) is 0 Å². The first-order valence-corrected chi connectivity index (χ1v) is 4.99. The largest absolute Gasteiger partial charge is 0.476 e. The van der Waals surface area contributed by atoms with Crippen LogP contribution in [0.2, 0.25) is 10.0 Å². The van der Waals surface area contributed by atoms with Gasteiger partial charge in [-0.25, -0.2) is 4.79 Å². The van der Waals surface area contributed by atoms with Crippen molar-refractivity contribution in [1.82, 2.24) is 5.16 Å². The lowest BCUT2D eigenvalue weighted by molar-refractivity contribution is 0.0686. The Morgan fingerprint density at radius 1 is 1.31 bits per heavy atom. The van der Waals surface area contributed by atoms with Gasteiger partial charge in [-0.3, -0.25) is 0 Å². The first kappa shape index (κ1) is 11.0. The van der Waals surface area contributed by atoms with Crippen molar-refractivity contribution in [1.29, 1.82) is 0 Å². The lowest BCUT2D eigenvalue weighted by Gasteiger charge is -2.01. The minimum atomic E-state index is -1.17. The summed E-state index contributed by atoms with van der Waals surface area (Å²) in [5.41, 5.74) is 0.247. The molecular weight excluding hydrogens is 253 g/mol. The number of carboxylic acids is 1. The third kappa shape index (κ3) is 1.89. The van der Waals surface area contributed by atoms with Gasteiger partial charge in [-0.2, -0.15) is 0 Å². The molecular formula is C10H5Cl2NO3. The second-order valence-electron chi connectivity index (χ2n) is 2.98. The van der Waals surface area contributed by atoms with E-state index < -0.39 is 5.97 Å². The summed E-state index contributed by atoms with van der Waals surface area (Å²) >= 11 is 11.9. The number of rotatable bonds is 2. The molecule has 0 aliphatic rings. The number of aromatic carboxylic acids is 1. The predicted molar refractivity (Wildman–Crippen MR) is 58.9 cm³/mol. The highest BCUT2D eigenvalue weighted by molar-refractivity contribution is 6.39. The predicted octanol–water partition coefficient (Wildman–Crippen LogP) is 3.35. The number of aromatic nitrogens is 1. The highest BCUT2D eigenvalue weighted by atomic mass is 35.5. The number of halogens is 2. The summed E-state index contributed by atoms with van der Waals surface area (Å²) in [6.07, 6.45) is 0. The van der Waals surface area contributed by atoms with Crippen molar-refractivity contribution in [2.24, 2.45) is 0 Å². The van der Waals surface area contributed by atoms with Crippen LogP contribution in [0.5, 0.6) is 0 Å². The lowest BCUT2D eigenvalue weighted by Crippen LogP contribution is -1.94. The summed E-state index contributed by atoms with van der Waals surface area (Å²) in [6, 6.07) is 6.22. The molecule has 1 heterocycles. The van der Waals surface area contributed by atoms with Crippen molar-refractivity contribution in [3.05, 3.63) is 40.0 Å². The second-order valence-corrected chi connectivity index (χ2v) is 3.79. The summed E-state index contributed by atoms with van der Waals surface area (Å²) < 4.78 is 4.87. The fraction of sp³-hybridized carbons (Fsp3) is 0. The Balaban J connectivity index is 2.54. The molecule has 1 aromatic heterocycles. The lowest BCUT2D eigenvalue weighted by atomic mass is 10.1. The fourth-order valence-electron chi connectivity index (χ4n) is 1.23. The second kappa shape index (κ2) is 4.15. The van der Waals surface area contributed by atoms with E-state index in [1.165, 1.54) is 6.07 Å². The average molecular weight is 258 g/mol. The Labute approximate surface area is 100 Å². The maximum atomic E-state index is 10.6. The molecule has 0 spiro atoms. The van der Waals surface area contributed by atoms with Crippen LogP contribution in [-0.2, 0) is 0 Å². The number of hydrogen-bond donors (Lipinski definition) is 1. The van der Waals surface area contributed by atoms with Crippen LogP contribution in [0.3, 0.4) is 0 Å². The van der Waals surface area contributed by atoms with E-state index in [1.54, 1.807) is 18.2 Å². The molecule has 0 saturated heterocycles. The Morgan fingerprint density at radius 3 is 2.44 bits per heavy atom. The number of carboxylic acid groups (broad SMARTS) is 1. The minimum Gasteiger partial charge on any atom is -0.476 e. The highest BCUT2D eigenvalue weighted by Gasteiger charge is 2.16. The van der Waals surface area contributed by atoms with E-state index in [-0.39, 0.29) is 11.5 Å². The maximum Gasteiger partial charge on any atom is 0.358 e. The minimum absolute atomic E-state index is 0.189. The van der Waals surface area contributed by atoms with Gasteiger partial charge < -0.3 is 9.63 Å². The van der Waals surface area contributed by atoms with Gasteiger partial charge in [0.1, 0.15) is 0 Å². The summed E-state index contributed by atoms with van der Waals surface area (Å²) in [5.74, 6) is -0.939. The SMILES string of the molecule is O=C(O)c1cc(-c2c(Cl)cccc2Cl)on1. The normalized spacial score (nSPS) is 10.4. The van der Waals surface area contributed by atoms with Crippen LogP contribution in [0.4, 0.5) is 0 Å². The van der Waals surface area contributed by atoms with Gasteiger partial charge in [-0.1, -0.05) is 34.4 Å². The first-order valence-electron chi connectivity index (χ1n) is 4.24. The quantitative estimate of drug-likeness (QED) is 0.897. The third-order valence-electron chi connectivity index (χ3n) is 1.94. The van der Waals surface area contributed by atoms with Gasteiger partial charge in [0.2, 0.25) is 0 Å². The monoisotopic (exact) mass is 257 g/mol. The van der Waals surface area contributed by atoms with Crippen LogP contribution in [0, 0.1) is 0 Å². The standard InChI is InChI=1S/C10H5Cl2NO3/c11-5-2-1-3-6(12)9(5)8-4-7(10(14)15)13-16-8/h1-4H,(H,14,15). The topological polar surface area (TPSA) is 63.3 Å². The molecule has 0 amide bonds. The van der Waals surface area contributed by atoms with Gasteiger partial charge >= 0.3 is 5.97 Å². The number of hydrogen-bond acceptors (Lipinski definition) is 3. The molecule has 0 unspecified atom stereocenters. The molecule has 16 heavy (non-hydrogen) atoms. The number of nitrogens with zero attached hydrogens (tertiary/aromatic N) is 1. The zero-order chi connectivity index (χ0) is 11.7. The van der Waals surface area contributed by atoms with Crippen LogP contribution in [0.15, 0.2) is 28.8 Å². The van der Waals surface area contributed by atoms with Crippen molar-refractivity contribution in [2.45, 2.75) is 0 Å². The molecule has 82 valence electrons.